The van der Waals surface area contributed by atoms with Crippen LogP contribution in [-0.2, 0) is 14.3 Å². The van der Waals surface area contributed by atoms with Gasteiger partial charge < -0.3 is 24.3 Å². The lowest BCUT2D eigenvalue weighted by Gasteiger charge is -2.61. The highest BCUT2D eigenvalue weighted by molar-refractivity contribution is 7.99. The molecule has 2 N–H and O–H groups in total. The van der Waals surface area contributed by atoms with Crippen LogP contribution in [0.25, 0.3) is 0 Å². The van der Waals surface area contributed by atoms with Gasteiger partial charge in [-0.25, -0.2) is 9.59 Å². The maximum absolute atomic E-state index is 9.10. The Balaban J connectivity index is 0.000000418. The third-order valence-corrected chi connectivity index (χ3v) is 13.4. The van der Waals surface area contributed by atoms with E-state index in [0.29, 0.717) is 22.9 Å². The van der Waals surface area contributed by atoms with Crippen molar-refractivity contribution in [1.82, 2.24) is 4.90 Å². The Labute approximate surface area is 236 Å². The molecule has 1 aromatic rings. The van der Waals surface area contributed by atoms with E-state index in [-0.39, 0.29) is 5.60 Å². The van der Waals surface area contributed by atoms with Gasteiger partial charge in [-0.3, -0.25) is 0 Å². The molecule has 6 aliphatic rings. The minimum absolute atomic E-state index is 0.174. The maximum atomic E-state index is 9.10. The maximum Gasteiger partial charge on any atom is 0.414 e. The summed E-state index contributed by atoms with van der Waals surface area (Å²) in [7, 11) is 0. The molecule has 0 unspecified atom stereocenters. The molecule has 2 saturated heterocycles. The van der Waals surface area contributed by atoms with Crippen molar-refractivity contribution in [3.8, 4) is 0 Å². The van der Waals surface area contributed by atoms with Crippen LogP contribution >= 0.6 is 11.8 Å². The Morgan fingerprint density at radius 1 is 1.03 bits per heavy atom. The minimum Gasteiger partial charge on any atom is -0.473 e. The van der Waals surface area contributed by atoms with Gasteiger partial charge in [0, 0.05) is 23.0 Å². The second-order valence-corrected chi connectivity index (χ2v) is 15.0. The normalized spacial score (nSPS) is 44.3. The summed E-state index contributed by atoms with van der Waals surface area (Å²) in [5.41, 5.74) is 2.45. The number of fused-ring (bicyclic) bond motifs is 3. The van der Waals surface area contributed by atoms with E-state index in [9.17, 15) is 0 Å². The van der Waals surface area contributed by atoms with E-state index in [1.165, 1.54) is 95.2 Å². The summed E-state index contributed by atoms with van der Waals surface area (Å²) in [6.45, 7) is 9.31. The Kier molecular flexibility index (Phi) is 7.37. The van der Waals surface area contributed by atoms with Gasteiger partial charge in [0.2, 0.25) is 0 Å². The monoisotopic (exact) mass is 559 g/mol. The van der Waals surface area contributed by atoms with Gasteiger partial charge in [0.25, 0.3) is 0 Å². The van der Waals surface area contributed by atoms with Gasteiger partial charge in [0.1, 0.15) is 5.60 Å². The molecule has 2 aliphatic heterocycles. The zero-order chi connectivity index (χ0) is 27.4. The molecule has 0 radical (unpaired) electrons. The molecule has 39 heavy (non-hydrogen) atoms. The molecule has 6 fully saturated rings. The molecule has 216 valence electrons. The summed E-state index contributed by atoms with van der Waals surface area (Å²) in [5, 5.41) is 15.7. The zero-order valence-corrected chi connectivity index (χ0v) is 24.3. The summed E-state index contributed by atoms with van der Waals surface area (Å²) in [6.07, 6.45) is 18.5. The van der Waals surface area contributed by atoms with Crippen LogP contribution in [0.1, 0.15) is 89.5 Å². The van der Waals surface area contributed by atoms with Gasteiger partial charge in [-0.1, -0.05) is 13.8 Å². The number of epoxide rings is 1. The van der Waals surface area contributed by atoms with Crippen LogP contribution in [0.2, 0.25) is 0 Å². The van der Waals surface area contributed by atoms with Crippen molar-refractivity contribution in [3.05, 3.63) is 24.2 Å². The molecular formula is C31H45NO6S. The molecule has 0 amide bonds. The fourth-order valence-corrected chi connectivity index (χ4v) is 11.5. The molecular weight excluding hydrogens is 514 g/mol. The third kappa shape index (κ3) is 4.57. The van der Waals surface area contributed by atoms with Crippen LogP contribution in [0.4, 0.5) is 0 Å². The molecule has 4 saturated carbocycles. The van der Waals surface area contributed by atoms with Crippen molar-refractivity contribution in [3.63, 3.8) is 0 Å². The van der Waals surface area contributed by atoms with Crippen molar-refractivity contribution >= 4 is 23.7 Å². The third-order valence-electron chi connectivity index (χ3n) is 12.1. The van der Waals surface area contributed by atoms with Gasteiger partial charge in [0.15, 0.2) is 0 Å². The average Bonchev–Trinajstić information content (AvgIpc) is 3.32. The molecule has 0 bridgehead atoms. The lowest BCUT2D eigenvalue weighted by atomic mass is 9.44. The molecule has 8 heteroatoms. The van der Waals surface area contributed by atoms with E-state index in [1.807, 2.05) is 12.5 Å². The van der Waals surface area contributed by atoms with Crippen LogP contribution in [0.3, 0.4) is 0 Å². The molecule has 4 aliphatic carbocycles. The van der Waals surface area contributed by atoms with Crippen LogP contribution in [-0.4, -0.2) is 69.4 Å². The number of hydrogen-bond donors (Lipinski definition) is 2. The van der Waals surface area contributed by atoms with Crippen LogP contribution in [0, 0.1) is 28.6 Å². The van der Waals surface area contributed by atoms with Crippen molar-refractivity contribution < 1.29 is 29.0 Å². The lowest BCUT2D eigenvalue weighted by Crippen LogP contribution is -2.58. The number of carboxylic acid groups (broad SMARTS) is 2. The van der Waals surface area contributed by atoms with Gasteiger partial charge in [-0.15, -0.1) is 0 Å². The first-order valence-electron chi connectivity index (χ1n) is 15.2. The quantitative estimate of drug-likeness (QED) is 0.340. The van der Waals surface area contributed by atoms with Crippen molar-refractivity contribution in [2.75, 3.05) is 25.4 Å². The van der Waals surface area contributed by atoms with E-state index >= 15 is 0 Å². The van der Waals surface area contributed by atoms with Gasteiger partial charge >= 0.3 is 11.9 Å². The number of carboxylic acids is 2. The van der Waals surface area contributed by atoms with Crippen molar-refractivity contribution in [2.45, 2.75) is 101 Å². The molecule has 7 nitrogen and oxygen atoms in total. The number of ether oxygens (including phenoxy) is 1. The highest BCUT2D eigenvalue weighted by atomic mass is 32.2. The minimum atomic E-state index is -1.82. The van der Waals surface area contributed by atoms with Gasteiger partial charge in [0.05, 0.1) is 18.6 Å². The fourth-order valence-electron chi connectivity index (χ4n) is 10.1. The predicted molar refractivity (Wildman–Crippen MR) is 150 cm³/mol. The SMILES string of the molecule is C[C@]12CC[C@H](SCCN3CCCC3)C[C@H]1CC[C@@H]1[C@@H]2CC[C@]2(C)[C@@H](c3ccoc3)C[C@H]3O[C@]132.O=C(O)C(=O)O. The van der Waals surface area contributed by atoms with Gasteiger partial charge in [-0.05, 0) is 118 Å². The van der Waals surface area contributed by atoms with E-state index in [4.69, 9.17) is 29.0 Å². The van der Waals surface area contributed by atoms with E-state index < -0.39 is 11.9 Å². The average molecular weight is 560 g/mol. The first-order valence-corrected chi connectivity index (χ1v) is 16.2. The van der Waals surface area contributed by atoms with Crippen molar-refractivity contribution in [1.29, 1.82) is 0 Å². The molecule has 0 aromatic carbocycles. The Morgan fingerprint density at radius 3 is 2.49 bits per heavy atom. The summed E-state index contributed by atoms with van der Waals surface area (Å²) in [5.74, 6) is 0.953. The first kappa shape index (κ1) is 27.6. The second-order valence-electron chi connectivity index (χ2n) is 13.6. The summed E-state index contributed by atoms with van der Waals surface area (Å²) < 4.78 is 12.3. The van der Waals surface area contributed by atoms with E-state index in [0.717, 1.165) is 23.0 Å². The molecule has 9 atom stereocenters. The van der Waals surface area contributed by atoms with Crippen LogP contribution in [0.15, 0.2) is 23.0 Å². The largest absolute Gasteiger partial charge is 0.473 e. The van der Waals surface area contributed by atoms with Crippen LogP contribution < -0.4 is 0 Å². The number of rotatable bonds is 5. The molecule has 3 heterocycles. The van der Waals surface area contributed by atoms with E-state index in [1.54, 1.807) is 0 Å². The Morgan fingerprint density at radius 2 is 1.79 bits per heavy atom. The number of aliphatic carboxylic acids is 2. The smallest absolute Gasteiger partial charge is 0.414 e. The molecule has 7 rings (SSSR count). The van der Waals surface area contributed by atoms with Crippen LogP contribution in [0.5, 0.6) is 0 Å². The second kappa shape index (κ2) is 10.4. The number of nitrogens with zero attached hydrogens (tertiary/aromatic N) is 1. The summed E-state index contributed by atoms with van der Waals surface area (Å²) in [4.78, 5) is 20.9. The van der Waals surface area contributed by atoms with Gasteiger partial charge in [-0.2, -0.15) is 11.8 Å². The highest BCUT2D eigenvalue weighted by Gasteiger charge is 2.80. The zero-order valence-electron chi connectivity index (χ0n) is 23.5. The predicted octanol–water partition coefficient (Wildman–Crippen LogP) is 5.89. The summed E-state index contributed by atoms with van der Waals surface area (Å²) in [6, 6.07) is 2.22. The summed E-state index contributed by atoms with van der Waals surface area (Å²) >= 11 is 2.31. The highest BCUT2D eigenvalue weighted by Crippen LogP contribution is 2.78. The molecule has 1 spiro atoms. The number of furan rings is 1. The Hall–Kier alpha value is -1.51. The number of hydrogen-bond acceptors (Lipinski definition) is 6. The lowest BCUT2D eigenvalue weighted by molar-refractivity contribution is -0.159. The number of carbonyl (C=O) groups is 2. The molecule has 1 aromatic heterocycles. The first-order chi connectivity index (χ1) is 18.7. The Bertz CT molecular complexity index is 1050. The van der Waals surface area contributed by atoms with E-state index in [2.05, 4.69) is 36.6 Å². The number of likely N-dealkylation sites (tertiary alicyclic amines) is 1. The topological polar surface area (TPSA) is 104 Å². The van der Waals surface area contributed by atoms with Crippen molar-refractivity contribution in [2.24, 2.45) is 28.6 Å². The fraction of sp³-hybridized carbons (Fsp3) is 0.806. The number of thioether (sulfide) groups is 1. The standard InChI is InChI=1S/C29H43NO2S.C2H2O4/c1-27-10-7-22(33-16-14-30-12-3-4-13-30)17-21(27)5-6-24-23(27)8-11-28(2)25(20-9-15-31-19-20)18-26-29(24,28)32-26;3-1(4)2(5)6/h9,15,19,21-26H,3-8,10-14,16-18H2,1-2H3;(H,3,4)(H,5,6)/t21-,22+,23+,24-,25-,26-,27+,28-,29-;/m1./s1.